The molecule has 3 nitrogen and oxygen atoms in total. The number of likely N-dealkylation sites (tertiary alicyclic amines) is 1. The molecule has 0 bridgehead atoms. The van der Waals surface area contributed by atoms with Crippen molar-refractivity contribution >= 4 is 5.91 Å². The van der Waals surface area contributed by atoms with Gasteiger partial charge in [-0.2, -0.15) is 0 Å². The predicted octanol–water partition coefficient (Wildman–Crippen LogP) is 4.06. The van der Waals surface area contributed by atoms with E-state index < -0.39 is 0 Å². The molecule has 2 atom stereocenters. The summed E-state index contributed by atoms with van der Waals surface area (Å²) in [5.41, 5.74) is 3.77. The zero-order valence-electron chi connectivity index (χ0n) is 15.4. The molecule has 2 aromatic carbocycles. The first-order valence-electron chi connectivity index (χ1n) is 9.97. The lowest BCUT2D eigenvalue weighted by atomic mass is 9.82. The fourth-order valence-electron chi connectivity index (χ4n) is 4.44. The van der Waals surface area contributed by atoms with Crippen LogP contribution in [0.2, 0.25) is 0 Å². The van der Waals surface area contributed by atoms with E-state index in [1.54, 1.807) is 0 Å². The molecule has 1 saturated heterocycles. The molecule has 0 spiro atoms. The Labute approximate surface area is 156 Å². The number of amides is 1. The highest BCUT2D eigenvalue weighted by Crippen LogP contribution is 2.32. The largest absolute Gasteiger partial charge is 0.347 e. The number of rotatable bonds is 5. The van der Waals surface area contributed by atoms with E-state index in [4.69, 9.17) is 0 Å². The van der Waals surface area contributed by atoms with Gasteiger partial charge in [0.25, 0.3) is 0 Å². The molecule has 26 heavy (non-hydrogen) atoms. The maximum absolute atomic E-state index is 13.2. The number of aryl methyl sites for hydroxylation is 1. The Balaban J connectivity index is 1.53. The summed E-state index contributed by atoms with van der Waals surface area (Å²) in [4.78, 5) is 15.7. The Hall–Kier alpha value is -2.13. The number of nitrogens with zero attached hydrogens (tertiary/aromatic N) is 1. The molecule has 1 aliphatic carbocycles. The molecule has 0 unspecified atom stereocenters. The SMILES string of the molecule is O=C(N[C@H](CN1CCCC1)c1ccccc1)[C@@H]1CCCc2ccccc21. The second kappa shape index (κ2) is 8.05. The Morgan fingerprint density at radius 3 is 2.54 bits per heavy atom. The lowest BCUT2D eigenvalue weighted by Gasteiger charge is -2.29. The standard InChI is InChI=1S/C23H28N2O/c26-23(21-14-8-12-18-9-4-5-13-20(18)21)24-22(17-25-15-6-7-16-25)19-10-2-1-3-11-19/h1-5,9-11,13,21-22H,6-8,12,14-17H2,(H,24,26)/t21-,22-/m1/s1. The molecular formula is C23H28N2O. The van der Waals surface area contributed by atoms with Crippen LogP contribution >= 0.6 is 0 Å². The molecule has 0 radical (unpaired) electrons. The van der Waals surface area contributed by atoms with Crippen LogP contribution in [0.4, 0.5) is 0 Å². The first-order valence-corrected chi connectivity index (χ1v) is 9.97. The van der Waals surface area contributed by atoms with Crippen molar-refractivity contribution in [1.82, 2.24) is 10.2 Å². The number of nitrogens with one attached hydrogen (secondary N) is 1. The molecule has 1 amide bonds. The minimum atomic E-state index is -0.00950. The van der Waals surface area contributed by atoms with E-state index in [0.717, 1.165) is 38.9 Å². The second-order valence-corrected chi connectivity index (χ2v) is 7.62. The van der Waals surface area contributed by atoms with E-state index in [2.05, 4.69) is 58.7 Å². The summed E-state index contributed by atoms with van der Waals surface area (Å²) in [7, 11) is 0. The molecular weight excluding hydrogens is 320 g/mol. The number of hydrogen-bond acceptors (Lipinski definition) is 2. The number of hydrogen-bond donors (Lipinski definition) is 1. The molecule has 1 heterocycles. The van der Waals surface area contributed by atoms with Gasteiger partial charge < -0.3 is 10.2 Å². The fourth-order valence-corrected chi connectivity index (χ4v) is 4.44. The van der Waals surface area contributed by atoms with Gasteiger partial charge in [0, 0.05) is 6.54 Å². The van der Waals surface area contributed by atoms with E-state index in [1.807, 2.05) is 6.07 Å². The third-order valence-electron chi connectivity index (χ3n) is 5.84. The smallest absolute Gasteiger partial charge is 0.228 e. The Morgan fingerprint density at radius 2 is 1.73 bits per heavy atom. The molecule has 136 valence electrons. The maximum Gasteiger partial charge on any atom is 0.228 e. The third-order valence-corrected chi connectivity index (χ3v) is 5.84. The average molecular weight is 348 g/mol. The van der Waals surface area contributed by atoms with Gasteiger partial charge in [-0.05, 0) is 61.9 Å². The molecule has 3 heteroatoms. The molecule has 2 aromatic rings. The van der Waals surface area contributed by atoms with Crippen LogP contribution in [0.1, 0.15) is 54.3 Å². The van der Waals surface area contributed by atoms with Crippen LogP contribution in [-0.2, 0) is 11.2 Å². The van der Waals surface area contributed by atoms with Gasteiger partial charge in [-0.25, -0.2) is 0 Å². The van der Waals surface area contributed by atoms with Gasteiger partial charge in [0.2, 0.25) is 5.91 Å². The zero-order chi connectivity index (χ0) is 17.8. The van der Waals surface area contributed by atoms with Gasteiger partial charge in [-0.1, -0.05) is 54.6 Å². The van der Waals surface area contributed by atoms with Crippen LogP contribution in [-0.4, -0.2) is 30.4 Å². The van der Waals surface area contributed by atoms with Crippen molar-refractivity contribution in [3.63, 3.8) is 0 Å². The average Bonchev–Trinajstić information content (AvgIpc) is 3.21. The van der Waals surface area contributed by atoms with Crippen LogP contribution in [0, 0.1) is 0 Å². The van der Waals surface area contributed by atoms with Crippen molar-refractivity contribution in [3.05, 3.63) is 71.3 Å². The minimum absolute atomic E-state index is 0.00950. The Bertz CT molecular complexity index is 737. The van der Waals surface area contributed by atoms with Gasteiger partial charge in [-0.3, -0.25) is 4.79 Å². The van der Waals surface area contributed by atoms with Crippen LogP contribution in [0.3, 0.4) is 0 Å². The topological polar surface area (TPSA) is 32.3 Å². The lowest BCUT2D eigenvalue weighted by Crippen LogP contribution is -2.39. The zero-order valence-corrected chi connectivity index (χ0v) is 15.4. The van der Waals surface area contributed by atoms with Crippen molar-refractivity contribution in [2.45, 2.75) is 44.1 Å². The summed E-state index contributed by atoms with van der Waals surface area (Å²) in [6, 6.07) is 19.0. The highest BCUT2D eigenvalue weighted by Gasteiger charge is 2.29. The third kappa shape index (κ3) is 3.83. The molecule has 0 aromatic heterocycles. The Morgan fingerprint density at radius 1 is 1.00 bits per heavy atom. The fraction of sp³-hybridized carbons (Fsp3) is 0.435. The van der Waals surface area contributed by atoms with Crippen molar-refractivity contribution in [2.24, 2.45) is 0 Å². The van der Waals surface area contributed by atoms with Crippen LogP contribution in [0.15, 0.2) is 54.6 Å². The first-order chi connectivity index (χ1) is 12.8. The normalized spacial score (nSPS) is 21.2. The lowest BCUT2D eigenvalue weighted by molar-refractivity contribution is -0.123. The van der Waals surface area contributed by atoms with E-state index in [1.165, 1.54) is 29.5 Å². The Kier molecular flexibility index (Phi) is 5.35. The van der Waals surface area contributed by atoms with Crippen molar-refractivity contribution in [2.75, 3.05) is 19.6 Å². The molecule has 1 N–H and O–H groups in total. The van der Waals surface area contributed by atoms with Crippen molar-refractivity contribution in [1.29, 1.82) is 0 Å². The number of carbonyl (C=O) groups excluding carboxylic acids is 1. The van der Waals surface area contributed by atoms with Crippen LogP contribution in [0.5, 0.6) is 0 Å². The summed E-state index contributed by atoms with van der Waals surface area (Å²) >= 11 is 0. The molecule has 1 fully saturated rings. The first kappa shape index (κ1) is 17.3. The van der Waals surface area contributed by atoms with Crippen molar-refractivity contribution < 1.29 is 4.79 Å². The summed E-state index contributed by atoms with van der Waals surface area (Å²) in [6.07, 6.45) is 5.68. The van der Waals surface area contributed by atoms with E-state index in [0.29, 0.717) is 0 Å². The predicted molar refractivity (Wildman–Crippen MR) is 105 cm³/mol. The van der Waals surface area contributed by atoms with Crippen molar-refractivity contribution in [3.8, 4) is 0 Å². The molecule has 1 aliphatic heterocycles. The number of carbonyl (C=O) groups is 1. The monoisotopic (exact) mass is 348 g/mol. The summed E-state index contributed by atoms with van der Waals surface area (Å²) < 4.78 is 0. The van der Waals surface area contributed by atoms with E-state index in [9.17, 15) is 4.79 Å². The summed E-state index contributed by atoms with van der Waals surface area (Å²) in [5, 5.41) is 3.39. The minimum Gasteiger partial charge on any atom is -0.347 e. The number of benzene rings is 2. The van der Waals surface area contributed by atoms with E-state index in [-0.39, 0.29) is 17.9 Å². The molecule has 2 aliphatic rings. The summed E-state index contributed by atoms with van der Waals surface area (Å²) in [6.45, 7) is 3.20. The quantitative estimate of drug-likeness (QED) is 0.884. The van der Waals surface area contributed by atoms with Gasteiger partial charge in [-0.15, -0.1) is 0 Å². The van der Waals surface area contributed by atoms with Gasteiger partial charge in [0.15, 0.2) is 0 Å². The highest BCUT2D eigenvalue weighted by molar-refractivity contribution is 5.84. The van der Waals surface area contributed by atoms with Crippen LogP contribution < -0.4 is 5.32 Å². The summed E-state index contributed by atoms with van der Waals surface area (Å²) in [5.74, 6) is 0.176. The van der Waals surface area contributed by atoms with E-state index >= 15 is 0 Å². The van der Waals surface area contributed by atoms with Gasteiger partial charge in [0.1, 0.15) is 0 Å². The van der Waals surface area contributed by atoms with Crippen LogP contribution in [0.25, 0.3) is 0 Å². The second-order valence-electron chi connectivity index (χ2n) is 7.62. The molecule has 0 saturated carbocycles. The van der Waals surface area contributed by atoms with Gasteiger partial charge >= 0.3 is 0 Å². The number of fused-ring (bicyclic) bond motifs is 1. The van der Waals surface area contributed by atoms with Gasteiger partial charge in [0.05, 0.1) is 12.0 Å². The molecule has 4 rings (SSSR count). The highest BCUT2D eigenvalue weighted by atomic mass is 16.2. The maximum atomic E-state index is 13.2.